The Labute approximate surface area is 145 Å². The second-order valence-corrected chi connectivity index (χ2v) is 6.18. The minimum atomic E-state index is 0.370. The van der Waals surface area contributed by atoms with Gasteiger partial charge in [0.1, 0.15) is 5.75 Å². The Morgan fingerprint density at radius 2 is 2.04 bits per heavy atom. The molecule has 5 nitrogen and oxygen atoms in total. The molecule has 0 spiro atoms. The average molecular weight is 333 g/mol. The van der Waals surface area contributed by atoms with Crippen LogP contribution in [-0.4, -0.2) is 38.9 Å². The largest absolute Gasteiger partial charge is 0.490 e. The molecule has 1 aromatic rings. The van der Waals surface area contributed by atoms with E-state index in [1.807, 2.05) is 6.92 Å². The van der Waals surface area contributed by atoms with Crippen molar-refractivity contribution in [3.63, 3.8) is 0 Å². The third-order valence-corrected chi connectivity index (χ3v) is 4.23. The van der Waals surface area contributed by atoms with E-state index in [1.165, 1.54) is 36.8 Å². The maximum atomic E-state index is 6.25. The summed E-state index contributed by atoms with van der Waals surface area (Å²) in [6.45, 7) is 6.95. The lowest BCUT2D eigenvalue weighted by molar-refractivity contribution is 0.152. The molecule has 2 N–H and O–H groups in total. The lowest BCUT2D eigenvalue weighted by Gasteiger charge is -2.18. The van der Waals surface area contributed by atoms with Gasteiger partial charge in [-0.05, 0) is 51.2 Å². The van der Waals surface area contributed by atoms with Crippen molar-refractivity contribution in [3.8, 4) is 5.75 Å². The lowest BCUT2D eigenvalue weighted by atomic mass is 10.1. The van der Waals surface area contributed by atoms with Crippen LogP contribution in [0.15, 0.2) is 23.2 Å². The van der Waals surface area contributed by atoms with Crippen LogP contribution in [0.25, 0.3) is 0 Å². The summed E-state index contributed by atoms with van der Waals surface area (Å²) in [5, 5.41) is 6.60. The zero-order valence-electron chi connectivity index (χ0n) is 15.2. The maximum Gasteiger partial charge on any atom is 0.191 e. The molecular weight excluding hydrogens is 302 g/mol. The number of aliphatic imine (C=N–C) groups is 1. The van der Waals surface area contributed by atoms with E-state index in [9.17, 15) is 0 Å². The molecule has 1 saturated carbocycles. The summed E-state index contributed by atoms with van der Waals surface area (Å²) in [7, 11) is 1.78. The van der Waals surface area contributed by atoms with E-state index >= 15 is 0 Å². The maximum absolute atomic E-state index is 6.25. The Morgan fingerprint density at radius 3 is 2.75 bits per heavy atom. The fourth-order valence-electron chi connectivity index (χ4n) is 2.89. The number of hydrogen-bond donors (Lipinski definition) is 2. The van der Waals surface area contributed by atoms with Gasteiger partial charge >= 0.3 is 0 Å². The Bertz CT molecular complexity index is 525. The average Bonchev–Trinajstić information content (AvgIpc) is 3.09. The molecule has 0 saturated heterocycles. The van der Waals surface area contributed by atoms with Crippen LogP contribution in [0.4, 0.5) is 0 Å². The molecule has 1 aliphatic carbocycles. The van der Waals surface area contributed by atoms with Gasteiger partial charge in [-0.15, -0.1) is 0 Å². The topological polar surface area (TPSA) is 54.9 Å². The van der Waals surface area contributed by atoms with E-state index in [2.05, 4.69) is 40.7 Å². The minimum absolute atomic E-state index is 0.370. The Kier molecular flexibility index (Phi) is 7.89. The molecule has 0 unspecified atom stereocenters. The summed E-state index contributed by atoms with van der Waals surface area (Å²) in [4.78, 5) is 4.25. The summed E-state index contributed by atoms with van der Waals surface area (Å²) in [6, 6.07) is 6.41. The molecule has 0 aliphatic heterocycles. The number of benzene rings is 1. The van der Waals surface area contributed by atoms with Gasteiger partial charge in [-0.3, -0.25) is 4.99 Å². The fourth-order valence-corrected chi connectivity index (χ4v) is 2.89. The zero-order chi connectivity index (χ0) is 17.2. The number of guanidine groups is 1. The van der Waals surface area contributed by atoms with Crippen molar-refractivity contribution >= 4 is 5.96 Å². The van der Waals surface area contributed by atoms with Crippen molar-refractivity contribution in [3.05, 3.63) is 29.3 Å². The number of rotatable bonds is 8. The highest BCUT2D eigenvalue weighted by Gasteiger charge is 2.18. The Balaban J connectivity index is 1.90. The SMILES string of the molecule is CCOCCNC(=NC)NCc1ccc(C)cc1OC1CCCC1. The molecule has 0 amide bonds. The molecule has 1 aliphatic rings. The van der Waals surface area contributed by atoms with E-state index in [0.29, 0.717) is 19.3 Å². The molecule has 0 atom stereocenters. The Morgan fingerprint density at radius 1 is 1.25 bits per heavy atom. The van der Waals surface area contributed by atoms with E-state index < -0.39 is 0 Å². The molecule has 5 heteroatoms. The van der Waals surface area contributed by atoms with Crippen LogP contribution in [-0.2, 0) is 11.3 Å². The highest BCUT2D eigenvalue weighted by molar-refractivity contribution is 5.79. The van der Waals surface area contributed by atoms with Crippen LogP contribution in [0.3, 0.4) is 0 Å². The highest BCUT2D eigenvalue weighted by atomic mass is 16.5. The van der Waals surface area contributed by atoms with Crippen molar-refractivity contribution in [1.82, 2.24) is 10.6 Å². The van der Waals surface area contributed by atoms with Gasteiger partial charge in [-0.2, -0.15) is 0 Å². The van der Waals surface area contributed by atoms with E-state index in [0.717, 1.165) is 24.9 Å². The van der Waals surface area contributed by atoms with Gasteiger partial charge in [0.15, 0.2) is 5.96 Å². The molecule has 24 heavy (non-hydrogen) atoms. The van der Waals surface area contributed by atoms with Crippen molar-refractivity contribution in [2.75, 3.05) is 26.8 Å². The number of ether oxygens (including phenoxy) is 2. The minimum Gasteiger partial charge on any atom is -0.490 e. The van der Waals surface area contributed by atoms with Gasteiger partial charge in [0.25, 0.3) is 0 Å². The molecule has 0 radical (unpaired) electrons. The van der Waals surface area contributed by atoms with Gasteiger partial charge in [0.05, 0.1) is 12.7 Å². The second-order valence-electron chi connectivity index (χ2n) is 6.18. The summed E-state index contributed by atoms with van der Waals surface area (Å²) in [5.41, 5.74) is 2.39. The van der Waals surface area contributed by atoms with Crippen LogP contribution in [0.1, 0.15) is 43.7 Å². The van der Waals surface area contributed by atoms with Gasteiger partial charge in [-0.1, -0.05) is 12.1 Å². The van der Waals surface area contributed by atoms with Crippen LogP contribution in [0, 0.1) is 6.92 Å². The summed E-state index contributed by atoms with van der Waals surface area (Å²) in [5.74, 6) is 1.78. The van der Waals surface area contributed by atoms with Crippen molar-refractivity contribution in [2.24, 2.45) is 4.99 Å². The van der Waals surface area contributed by atoms with Gasteiger partial charge in [0.2, 0.25) is 0 Å². The second kappa shape index (κ2) is 10.2. The quantitative estimate of drug-likeness (QED) is 0.436. The van der Waals surface area contributed by atoms with Crippen molar-refractivity contribution < 1.29 is 9.47 Å². The molecule has 2 rings (SSSR count). The van der Waals surface area contributed by atoms with Crippen LogP contribution in [0.5, 0.6) is 5.75 Å². The first kappa shape index (κ1) is 18.6. The first-order valence-electron chi connectivity index (χ1n) is 9.01. The molecule has 1 fully saturated rings. The number of nitrogens with zero attached hydrogens (tertiary/aromatic N) is 1. The number of hydrogen-bond acceptors (Lipinski definition) is 3. The van der Waals surface area contributed by atoms with E-state index in [4.69, 9.17) is 9.47 Å². The molecule has 1 aromatic carbocycles. The Hall–Kier alpha value is -1.75. The third kappa shape index (κ3) is 6.04. The van der Waals surface area contributed by atoms with Gasteiger partial charge in [0, 0.05) is 32.3 Å². The molecule has 0 aromatic heterocycles. The van der Waals surface area contributed by atoms with Gasteiger partial charge < -0.3 is 20.1 Å². The third-order valence-electron chi connectivity index (χ3n) is 4.23. The predicted octanol–water partition coefficient (Wildman–Crippen LogP) is 3.02. The fraction of sp³-hybridized carbons (Fsp3) is 0.632. The summed E-state index contributed by atoms with van der Waals surface area (Å²) in [6.07, 6.45) is 5.26. The van der Waals surface area contributed by atoms with Crippen LogP contribution >= 0.6 is 0 Å². The molecule has 0 bridgehead atoms. The zero-order valence-corrected chi connectivity index (χ0v) is 15.2. The van der Waals surface area contributed by atoms with Crippen LogP contribution in [0.2, 0.25) is 0 Å². The summed E-state index contributed by atoms with van der Waals surface area (Å²) < 4.78 is 11.6. The van der Waals surface area contributed by atoms with Crippen molar-refractivity contribution in [2.45, 2.75) is 52.2 Å². The van der Waals surface area contributed by atoms with Crippen LogP contribution < -0.4 is 15.4 Å². The highest BCUT2D eigenvalue weighted by Crippen LogP contribution is 2.27. The smallest absolute Gasteiger partial charge is 0.191 e. The lowest BCUT2D eigenvalue weighted by Crippen LogP contribution is -2.38. The van der Waals surface area contributed by atoms with E-state index in [-0.39, 0.29) is 0 Å². The molecular formula is C19H31N3O2. The number of aryl methyl sites for hydroxylation is 1. The predicted molar refractivity (Wildman–Crippen MR) is 98.8 cm³/mol. The number of nitrogens with one attached hydrogen (secondary N) is 2. The monoisotopic (exact) mass is 333 g/mol. The van der Waals surface area contributed by atoms with E-state index in [1.54, 1.807) is 7.05 Å². The normalized spacial score (nSPS) is 15.5. The van der Waals surface area contributed by atoms with Gasteiger partial charge in [-0.25, -0.2) is 0 Å². The first-order chi connectivity index (χ1) is 11.7. The van der Waals surface area contributed by atoms with Crippen molar-refractivity contribution in [1.29, 1.82) is 0 Å². The first-order valence-corrected chi connectivity index (χ1v) is 9.01. The standard InChI is InChI=1S/C19H31N3O2/c1-4-23-12-11-21-19(20-3)22-14-16-10-9-15(2)13-18(16)24-17-7-5-6-8-17/h9-10,13,17H,4-8,11-12,14H2,1-3H3,(H2,20,21,22). The summed E-state index contributed by atoms with van der Waals surface area (Å²) >= 11 is 0. The molecule has 0 heterocycles. The molecule has 134 valence electrons.